The Kier molecular flexibility index (Phi) is 5.50. The van der Waals surface area contributed by atoms with Crippen molar-refractivity contribution in [3.8, 4) is 22.9 Å². The lowest BCUT2D eigenvalue weighted by Gasteiger charge is -2.29. The highest BCUT2D eigenvalue weighted by Gasteiger charge is 2.42. The maximum atomic E-state index is 5.87. The van der Waals surface area contributed by atoms with Crippen molar-refractivity contribution in [1.29, 1.82) is 0 Å². The third-order valence-electron chi connectivity index (χ3n) is 6.24. The van der Waals surface area contributed by atoms with Crippen molar-refractivity contribution in [3.05, 3.63) is 96.6 Å². The second kappa shape index (κ2) is 8.96. The maximum absolute atomic E-state index is 5.87. The summed E-state index contributed by atoms with van der Waals surface area (Å²) in [6.45, 7) is 2.84. The van der Waals surface area contributed by atoms with Crippen LogP contribution in [0.1, 0.15) is 30.4 Å². The number of hydrogen-bond acceptors (Lipinski definition) is 5. The average molecular weight is 485 g/mol. The third-order valence-corrected chi connectivity index (χ3v) is 6.56. The molecule has 2 atom stereocenters. The van der Waals surface area contributed by atoms with E-state index in [1.807, 2.05) is 61.7 Å². The van der Waals surface area contributed by atoms with E-state index in [-0.39, 0.29) is 18.9 Å². The van der Waals surface area contributed by atoms with E-state index >= 15 is 0 Å². The molecule has 35 heavy (non-hydrogen) atoms. The van der Waals surface area contributed by atoms with E-state index in [9.17, 15) is 0 Å². The van der Waals surface area contributed by atoms with Gasteiger partial charge in [-0.15, -0.1) is 0 Å². The van der Waals surface area contributed by atoms with E-state index in [4.69, 9.17) is 26.4 Å². The van der Waals surface area contributed by atoms with Gasteiger partial charge >= 0.3 is 0 Å². The van der Waals surface area contributed by atoms with Gasteiger partial charge in [-0.3, -0.25) is 4.98 Å². The minimum atomic E-state index is -0.153. The number of hydrogen-bond donors (Lipinski definition) is 1. The lowest BCUT2D eigenvalue weighted by atomic mass is 10.0. The number of fused-ring (bicyclic) bond motifs is 1. The Labute approximate surface area is 208 Å². The molecule has 4 aromatic rings. The molecule has 176 valence electrons. The zero-order valence-corrected chi connectivity index (χ0v) is 19.9. The number of nitrogens with zero attached hydrogens (tertiary/aromatic N) is 3. The lowest BCUT2D eigenvalue weighted by Crippen LogP contribution is -2.30. The van der Waals surface area contributed by atoms with Crippen LogP contribution in [0.25, 0.3) is 5.69 Å². The first-order chi connectivity index (χ1) is 17.2. The topological polar surface area (TPSA) is 60.8 Å². The first kappa shape index (κ1) is 21.5. The summed E-state index contributed by atoms with van der Waals surface area (Å²) in [5.74, 6) is 2.30. The average Bonchev–Trinajstić information content (AvgIpc) is 3.63. The lowest BCUT2D eigenvalue weighted by molar-refractivity contribution is 0.174. The predicted octanol–water partition coefficient (Wildman–Crippen LogP) is 5.18. The molecular weight excluding hydrogens is 460 g/mol. The van der Waals surface area contributed by atoms with Crippen molar-refractivity contribution in [2.45, 2.75) is 19.0 Å². The van der Waals surface area contributed by atoms with E-state index in [0.29, 0.717) is 17.5 Å². The van der Waals surface area contributed by atoms with Gasteiger partial charge < -0.3 is 29.0 Å². The number of anilines is 1. The molecule has 0 saturated carbocycles. The number of pyridine rings is 1. The number of aromatic nitrogens is 2. The standard InChI is InChI=1S/C27H24N4O3S/c1-2-32-20-11-8-18(9-12-20)30-15-5-7-22(30)26-25(21-6-3-4-14-28-21)29-27(35)31(26)19-10-13-23-24(16-19)34-17-33-23/h3-16,25-26H,2,17H2,1H3,(H,29,35). The molecule has 2 aromatic carbocycles. The Bertz CT molecular complexity index is 1360. The van der Waals surface area contributed by atoms with Crippen LogP contribution in [-0.2, 0) is 0 Å². The highest BCUT2D eigenvalue weighted by Crippen LogP contribution is 2.44. The molecule has 0 radical (unpaired) electrons. The van der Waals surface area contributed by atoms with Crippen LogP contribution in [0.4, 0.5) is 5.69 Å². The normalized spacial score (nSPS) is 18.5. The number of rotatable bonds is 6. The summed E-state index contributed by atoms with van der Waals surface area (Å²) in [4.78, 5) is 6.79. The van der Waals surface area contributed by atoms with Crippen LogP contribution in [-0.4, -0.2) is 28.1 Å². The smallest absolute Gasteiger partial charge is 0.231 e. The molecule has 1 N–H and O–H groups in total. The van der Waals surface area contributed by atoms with Crippen molar-refractivity contribution >= 4 is 23.0 Å². The third kappa shape index (κ3) is 3.85. The Morgan fingerprint density at radius 1 is 1.00 bits per heavy atom. The molecule has 1 fully saturated rings. The molecule has 2 aliphatic rings. The summed E-state index contributed by atoms with van der Waals surface area (Å²) in [6, 6.07) is 23.9. The first-order valence-corrected chi connectivity index (χ1v) is 11.9. The van der Waals surface area contributed by atoms with E-state index < -0.39 is 0 Å². The molecule has 7 nitrogen and oxygen atoms in total. The Morgan fingerprint density at radius 2 is 1.83 bits per heavy atom. The van der Waals surface area contributed by atoms with E-state index in [0.717, 1.165) is 34.3 Å². The fourth-order valence-corrected chi connectivity index (χ4v) is 5.05. The molecule has 0 bridgehead atoms. The second-order valence-corrected chi connectivity index (χ2v) is 8.65. The zero-order chi connectivity index (χ0) is 23.8. The molecule has 2 aromatic heterocycles. The fourth-order valence-electron chi connectivity index (χ4n) is 4.71. The van der Waals surface area contributed by atoms with Crippen molar-refractivity contribution in [3.63, 3.8) is 0 Å². The van der Waals surface area contributed by atoms with E-state index in [1.54, 1.807) is 0 Å². The zero-order valence-electron chi connectivity index (χ0n) is 19.1. The second-order valence-electron chi connectivity index (χ2n) is 8.26. The van der Waals surface area contributed by atoms with Gasteiger partial charge in [-0.1, -0.05) is 6.07 Å². The van der Waals surface area contributed by atoms with Gasteiger partial charge in [0, 0.05) is 35.5 Å². The van der Waals surface area contributed by atoms with Gasteiger partial charge in [0.1, 0.15) is 11.8 Å². The molecule has 1 saturated heterocycles. The molecule has 0 aliphatic carbocycles. The highest BCUT2D eigenvalue weighted by atomic mass is 32.1. The van der Waals surface area contributed by atoms with Crippen LogP contribution in [0.15, 0.2) is 85.2 Å². The van der Waals surface area contributed by atoms with Gasteiger partial charge in [0.15, 0.2) is 16.6 Å². The van der Waals surface area contributed by atoms with Crippen molar-refractivity contribution < 1.29 is 14.2 Å². The van der Waals surface area contributed by atoms with Gasteiger partial charge in [-0.05, 0) is 79.8 Å². The monoisotopic (exact) mass is 484 g/mol. The highest BCUT2D eigenvalue weighted by molar-refractivity contribution is 7.80. The Morgan fingerprint density at radius 3 is 2.63 bits per heavy atom. The Hall–Kier alpha value is -4.04. The number of nitrogens with one attached hydrogen (secondary N) is 1. The van der Waals surface area contributed by atoms with Gasteiger partial charge in [0.2, 0.25) is 6.79 Å². The minimum absolute atomic E-state index is 0.148. The summed E-state index contributed by atoms with van der Waals surface area (Å²) in [5, 5.41) is 4.15. The molecule has 6 rings (SSSR count). The quantitative estimate of drug-likeness (QED) is 0.379. The van der Waals surface area contributed by atoms with Gasteiger partial charge in [0.05, 0.1) is 18.3 Å². The van der Waals surface area contributed by atoms with Crippen molar-refractivity contribution in [2.75, 3.05) is 18.3 Å². The van der Waals surface area contributed by atoms with Crippen LogP contribution < -0.4 is 24.4 Å². The van der Waals surface area contributed by atoms with Crippen LogP contribution in [0.2, 0.25) is 0 Å². The number of ether oxygens (including phenoxy) is 3. The predicted molar refractivity (Wildman–Crippen MR) is 137 cm³/mol. The number of thiocarbonyl (C=S) groups is 1. The maximum Gasteiger partial charge on any atom is 0.231 e. The summed E-state index contributed by atoms with van der Waals surface area (Å²) in [6.07, 6.45) is 3.88. The minimum Gasteiger partial charge on any atom is -0.494 e. The van der Waals surface area contributed by atoms with Crippen molar-refractivity contribution in [2.24, 2.45) is 0 Å². The van der Waals surface area contributed by atoms with Crippen LogP contribution >= 0.6 is 12.2 Å². The van der Waals surface area contributed by atoms with Gasteiger partial charge in [-0.25, -0.2) is 0 Å². The molecular formula is C27H24N4O3S. The number of benzene rings is 2. The van der Waals surface area contributed by atoms with E-state index in [1.165, 1.54) is 0 Å². The molecule has 2 unspecified atom stereocenters. The molecule has 0 amide bonds. The van der Waals surface area contributed by atoms with E-state index in [2.05, 4.69) is 50.2 Å². The Balaban J connectivity index is 1.46. The van der Waals surface area contributed by atoms with Crippen LogP contribution in [0.3, 0.4) is 0 Å². The summed E-state index contributed by atoms with van der Waals surface area (Å²) in [7, 11) is 0. The summed E-state index contributed by atoms with van der Waals surface area (Å²) in [5.41, 5.74) is 3.96. The van der Waals surface area contributed by atoms with Gasteiger partial charge in [0.25, 0.3) is 0 Å². The molecule has 0 spiro atoms. The van der Waals surface area contributed by atoms with Gasteiger partial charge in [-0.2, -0.15) is 0 Å². The van der Waals surface area contributed by atoms with Crippen molar-refractivity contribution in [1.82, 2.24) is 14.9 Å². The molecule has 8 heteroatoms. The molecule has 2 aliphatic heterocycles. The molecule has 4 heterocycles. The SMILES string of the molecule is CCOc1ccc(-n2cccc2C2C(c3ccccn3)NC(=S)N2c2ccc3c(c2)OCO3)cc1. The summed E-state index contributed by atoms with van der Waals surface area (Å²) < 4.78 is 19.0. The van der Waals surface area contributed by atoms with Crippen LogP contribution in [0.5, 0.6) is 17.2 Å². The largest absolute Gasteiger partial charge is 0.494 e. The van der Waals surface area contributed by atoms with Crippen LogP contribution in [0, 0.1) is 0 Å². The summed E-state index contributed by atoms with van der Waals surface area (Å²) >= 11 is 5.87. The first-order valence-electron chi connectivity index (χ1n) is 11.5. The fraction of sp³-hybridized carbons (Fsp3) is 0.185.